The van der Waals surface area contributed by atoms with Crippen molar-refractivity contribution < 1.29 is 14.0 Å². The summed E-state index contributed by atoms with van der Waals surface area (Å²) in [6.45, 7) is 5.75. The van der Waals surface area contributed by atoms with Crippen LogP contribution in [0.3, 0.4) is 0 Å². The van der Waals surface area contributed by atoms with E-state index in [1.54, 1.807) is 12.1 Å². The summed E-state index contributed by atoms with van der Waals surface area (Å²) in [7, 11) is 0. The van der Waals surface area contributed by atoms with Gasteiger partial charge < -0.3 is 10.6 Å². The summed E-state index contributed by atoms with van der Waals surface area (Å²) < 4.78 is 13.4. The first-order valence-electron chi connectivity index (χ1n) is 7.10. The van der Waals surface area contributed by atoms with Crippen molar-refractivity contribution >= 4 is 17.5 Å². The van der Waals surface area contributed by atoms with E-state index in [2.05, 4.69) is 10.6 Å². The van der Waals surface area contributed by atoms with Gasteiger partial charge in [0.1, 0.15) is 5.82 Å². The third kappa shape index (κ3) is 6.35. The van der Waals surface area contributed by atoms with Crippen molar-refractivity contribution in [2.75, 3.05) is 31.5 Å². The molecule has 0 aromatic heterocycles. The maximum atomic E-state index is 13.4. The summed E-state index contributed by atoms with van der Waals surface area (Å²) in [5, 5.41) is 5.24. The van der Waals surface area contributed by atoms with Gasteiger partial charge in [-0.15, -0.1) is 0 Å². The van der Waals surface area contributed by atoms with E-state index in [0.717, 1.165) is 0 Å². The standard InChI is InChI=1S/C15H22FN3O2/c1-3-17-15(21)11-19(4-2)10-9-14(20)18-13-8-6-5-7-12(13)16/h5-8H,3-4,9-11H2,1-2H3,(H,17,21)(H,18,20). The largest absolute Gasteiger partial charge is 0.355 e. The molecule has 0 aliphatic heterocycles. The highest BCUT2D eigenvalue weighted by Crippen LogP contribution is 2.12. The number of halogens is 1. The lowest BCUT2D eigenvalue weighted by Crippen LogP contribution is -2.38. The normalized spacial score (nSPS) is 10.5. The molecule has 0 bridgehead atoms. The second kappa shape index (κ2) is 9.07. The lowest BCUT2D eigenvalue weighted by Gasteiger charge is -2.19. The summed E-state index contributed by atoms with van der Waals surface area (Å²) in [6, 6.07) is 6.03. The molecule has 1 aromatic rings. The third-order valence-electron chi connectivity index (χ3n) is 2.99. The van der Waals surface area contributed by atoms with Crippen molar-refractivity contribution in [3.8, 4) is 0 Å². The number of anilines is 1. The molecular weight excluding hydrogens is 273 g/mol. The van der Waals surface area contributed by atoms with Gasteiger partial charge in [-0.3, -0.25) is 14.5 Å². The highest BCUT2D eigenvalue weighted by atomic mass is 19.1. The maximum absolute atomic E-state index is 13.4. The van der Waals surface area contributed by atoms with Gasteiger partial charge in [0.05, 0.1) is 12.2 Å². The molecule has 2 N–H and O–H groups in total. The highest BCUT2D eigenvalue weighted by molar-refractivity contribution is 5.90. The van der Waals surface area contributed by atoms with Gasteiger partial charge in [-0.05, 0) is 25.6 Å². The molecule has 1 rings (SSSR count). The molecule has 0 saturated heterocycles. The molecular formula is C15H22FN3O2. The van der Waals surface area contributed by atoms with Crippen LogP contribution in [0.4, 0.5) is 10.1 Å². The van der Waals surface area contributed by atoms with Crippen LogP contribution in [0.1, 0.15) is 20.3 Å². The van der Waals surface area contributed by atoms with Crippen molar-refractivity contribution in [3.63, 3.8) is 0 Å². The van der Waals surface area contributed by atoms with E-state index in [1.807, 2.05) is 18.7 Å². The number of para-hydroxylation sites is 1. The summed E-state index contributed by atoms with van der Waals surface area (Å²) in [5.41, 5.74) is 0.175. The molecule has 0 radical (unpaired) electrons. The molecule has 6 heteroatoms. The van der Waals surface area contributed by atoms with E-state index in [-0.39, 0.29) is 30.5 Å². The van der Waals surface area contributed by atoms with Crippen LogP contribution in [0.15, 0.2) is 24.3 Å². The molecule has 0 fully saturated rings. The molecule has 2 amide bonds. The van der Waals surface area contributed by atoms with Crippen molar-refractivity contribution in [2.24, 2.45) is 0 Å². The molecule has 1 aromatic carbocycles. The van der Waals surface area contributed by atoms with E-state index < -0.39 is 5.82 Å². The van der Waals surface area contributed by atoms with Crippen molar-refractivity contribution in [1.82, 2.24) is 10.2 Å². The molecule has 0 unspecified atom stereocenters. The van der Waals surface area contributed by atoms with Gasteiger partial charge in [-0.1, -0.05) is 19.1 Å². The van der Waals surface area contributed by atoms with Gasteiger partial charge in [-0.2, -0.15) is 0 Å². The Labute approximate surface area is 124 Å². The van der Waals surface area contributed by atoms with Crippen LogP contribution in [-0.4, -0.2) is 42.9 Å². The molecule has 5 nitrogen and oxygen atoms in total. The smallest absolute Gasteiger partial charge is 0.234 e. The molecule has 116 valence electrons. The van der Waals surface area contributed by atoms with Crippen LogP contribution in [0.2, 0.25) is 0 Å². The fourth-order valence-electron chi connectivity index (χ4n) is 1.84. The molecule has 0 saturated carbocycles. The minimum absolute atomic E-state index is 0.0612. The predicted octanol–water partition coefficient (Wildman–Crippen LogP) is 1.61. The zero-order chi connectivity index (χ0) is 15.7. The summed E-state index contributed by atoms with van der Waals surface area (Å²) in [4.78, 5) is 25.1. The van der Waals surface area contributed by atoms with Crippen LogP contribution in [0.5, 0.6) is 0 Å². The van der Waals surface area contributed by atoms with Crippen molar-refractivity contribution in [2.45, 2.75) is 20.3 Å². The number of likely N-dealkylation sites (N-methyl/N-ethyl adjacent to an activating group) is 2. The monoisotopic (exact) mass is 295 g/mol. The number of carbonyl (C=O) groups is 2. The number of rotatable bonds is 8. The molecule has 0 aliphatic carbocycles. The predicted molar refractivity (Wildman–Crippen MR) is 80.4 cm³/mol. The molecule has 21 heavy (non-hydrogen) atoms. The minimum atomic E-state index is -0.458. The molecule has 0 atom stereocenters. The number of nitrogens with one attached hydrogen (secondary N) is 2. The summed E-state index contributed by atoms with van der Waals surface area (Å²) in [5.74, 6) is -0.788. The maximum Gasteiger partial charge on any atom is 0.234 e. The van der Waals surface area contributed by atoms with Crippen LogP contribution in [0, 0.1) is 5.82 Å². The Morgan fingerprint density at radius 1 is 1.19 bits per heavy atom. The summed E-state index contributed by atoms with van der Waals surface area (Å²) in [6.07, 6.45) is 0.210. The Morgan fingerprint density at radius 2 is 1.90 bits per heavy atom. The Kier molecular flexibility index (Phi) is 7.39. The van der Waals surface area contributed by atoms with E-state index in [1.165, 1.54) is 12.1 Å². The first-order valence-corrected chi connectivity index (χ1v) is 7.10. The van der Waals surface area contributed by atoms with E-state index in [0.29, 0.717) is 19.6 Å². The minimum Gasteiger partial charge on any atom is -0.355 e. The average Bonchev–Trinajstić information content (AvgIpc) is 2.46. The quantitative estimate of drug-likeness (QED) is 0.766. The zero-order valence-corrected chi connectivity index (χ0v) is 12.5. The fraction of sp³-hybridized carbons (Fsp3) is 0.467. The lowest BCUT2D eigenvalue weighted by atomic mass is 10.3. The van der Waals surface area contributed by atoms with Crippen molar-refractivity contribution in [1.29, 1.82) is 0 Å². The fourth-order valence-corrected chi connectivity index (χ4v) is 1.84. The van der Waals surface area contributed by atoms with Crippen LogP contribution in [-0.2, 0) is 9.59 Å². The number of benzene rings is 1. The summed E-state index contributed by atoms with van der Waals surface area (Å²) >= 11 is 0. The Hall–Kier alpha value is -1.95. The SMILES string of the molecule is CCNC(=O)CN(CC)CCC(=O)Nc1ccccc1F. The number of hydrogen-bond acceptors (Lipinski definition) is 3. The number of amides is 2. The second-order valence-electron chi connectivity index (χ2n) is 4.60. The van der Waals surface area contributed by atoms with Gasteiger partial charge in [0.2, 0.25) is 11.8 Å². The zero-order valence-electron chi connectivity index (χ0n) is 12.5. The average molecular weight is 295 g/mol. The van der Waals surface area contributed by atoms with E-state index in [9.17, 15) is 14.0 Å². The first-order chi connectivity index (χ1) is 10.1. The van der Waals surface area contributed by atoms with E-state index in [4.69, 9.17) is 0 Å². The lowest BCUT2D eigenvalue weighted by molar-refractivity contribution is -0.123. The first kappa shape index (κ1) is 17.1. The molecule has 0 aliphatic rings. The van der Waals surface area contributed by atoms with Gasteiger partial charge in [0, 0.05) is 19.5 Å². The Morgan fingerprint density at radius 3 is 2.52 bits per heavy atom. The Balaban J connectivity index is 2.40. The number of hydrogen-bond donors (Lipinski definition) is 2. The van der Waals surface area contributed by atoms with Crippen LogP contribution >= 0.6 is 0 Å². The van der Waals surface area contributed by atoms with Crippen molar-refractivity contribution in [3.05, 3.63) is 30.1 Å². The molecule has 0 spiro atoms. The highest BCUT2D eigenvalue weighted by Gasteiger charge is 2.11. The van der Waals surface area contributed by atoms with Gasteiger partial charge in [0.15, 0.2) is 0 Å². The Bertz CT molecular complexity index is 480. The van der Waals surface area contributed by atoms with Crippen LogP contribution < -0.4 is 10.6 Å². The van der Waals surface area contributed by atoms with Crippen LogP contribution in [0.25, 0.3) is 0 Å². The van der Waals surface area contributed by atoms with Gasteiger partial charge >= 0.3 is 0 Å². The second-order valence-corrected chi connectivity index (χ2v) is 4.60. The topological polar surface area (TPSA) is 61.4 Å². The number of nitrogens with zero attached hydrogens (tertiary/aromatic N) is 1. The number of carbonyl (C=O) groups excluding carboxylic acids is 2. The van der Waals surface area contributed by atoms with Gasteiger partial charge in [0.25, 0.3) is 0 Å². The van der Waals surface area contributed by atoms with Gasteiger partial charge in [-0.25, -0.2) is 4.39 Å². The molecule has 0 heterocycles. The third-order valence-corrected chi connectivity index (χ3v) is 2.99. The van der Waals surface area contributed by atoms with E-state index >= 15 is 0 Å².